The Kier molecular flexibility index (Phi) is 2.50. The van der Waals surface area contributed by atoms with E-state index in [0.717, 1.165) is 13.0 Å². The first-order valence-corrected chi connectivity index (χ1v) is 4.86. The highest BCUT2D eigenvalue weighted by Crippen LogP contribution is 2.15. The molecule has 1 aliphatic heterocycles. The van der Waals surface area contributed by atoms with Gasteiger partial charge in [-0.3, -0.25) is 0 Å². The fourth-order valence-electron chi connectivity index (χ4n) is 1.20. The molecule has 1 aromatic rings. The number of rotatable bonds is 2. The molecule has 1 aliphatic rings. The highest BCUT2D eigenvalue weighted by Gasteiger charge is 2.19. The van der Waals surface area contributed by atoms with E-state index in [4.69, 9.17) is 9.47 Å². The van der Waals surface area contributed by atoms with Crippen LogP contribution in [0.4, 0.5) is 0 Å². The fraction of sp³-hybridized carbons (Fsp3) is 0.714. The van der Waals surface area contributed by atoms with Gasteiger partial charge < -0.3 is 9.47 Å². The SMILES string of the molecule is Cn1nc(Br)nc1O[C@@H]1CCOC1. The van der Waals surface area contributed by atoms with Gasteiger partial charge in [-0.05, 0) is 15.9 Å². The van der Waals surface area contributed by atoms with Gasteiger partial charge in [0.2, 0.25) is 4.73 Å². The van der Waals surface area contributed by atoms with E-state index in [0.29, 0.717) is 17.4 Å². The van der Waals surface area contributed by atoms with E-state index in [1.54, 1.807) is 11.7 Å². The molecule has 0 N–H and O–H groups in total. The summed E-state index contributed by atoms with van der Waals surface area (Å²) in [5.74, 6) is 0. The summed E-state index contributed by atoms with van der Waals surface area (Å²) in [4.78, 5) is 4.06. The van der Waals surface area contributed by atoms with Crippen molar-refractivity contribution in [2.45, 2.75) is 12.5 Å². The number of nitrogens with zero attached hydrogens (tertiary/aromatic N) is 3. The summed E-state index contributed by atoms with van der Waals surface area (Å²) in [5.41, 5.74) is 0. The summed E-state index contributed by atoms with van der Waals surface area (Å²) in [7, 11) is 1.79. The molecule has 13 heavy (non-hydrogen) atoms. The molecule has 5 nitrogen and oxygen atoms in total. The minimum atomic E-state index is 0.120. The van der Waals surface area contributed by atoms with Crippen LogP contribution in [0, 0.1) is 0 Å². The molecule has 72 valence electrons. The van der Waals surface area contributed by atoms with E-state index < -0.39 is 0 Å². The van der Waals surface area contributed by atoms with Crippen LogP contribution in [0.25, 0.3) is 0 Å². The third-order valence-corrected chi connectivity index (χ3v) is 2.19. The maximum atomic E-state index is 5.56. The Morgan fingerprint density at radius 3 is 3.08 bits per heavy atom. The second-order valence-electron chi connectivity index (χ2n) is 2.89. The Balaban J connectivity index is 2.03. The quantitative estimate of drug-likeness (QED) is 0.774. The molecular weight excluding hydrogens is 238 g/mol. The van der Waals surface area contributed by atoms with Gasteiger partial charge in [0.15, 0.2) is 0 Å². The molecule has 1 aromatic heterocycles. The lowest BCUT2D eigenvalue weighted by molar-refractivity contribution is 0.130. The molecule has 0 spiro atoms. The number of aryl methyl sites for hydroxylation is 1. The lowest BCUT2D eigenvalue weighted by Gasteiger charge is -2.08. The standard InChI is InChI=1S/C7H10BrN3O2/c1-11-7(9-6(8)10-11)13-5-2-3-12-4-5/h5H,2-4H2,1H3/t5-/m1/s1. The van der Waals surface area contributed by atoms with Crippen LogP contribution in [0.5, 0.6) is 6.01 Å². The van der Waals surface area contributed by atoms with Gasteiger partial charge >= 0.3 is 6.01 Å². The summed E-state index contributed by atoms with van der Waals surface area (Å²) in [6.45, 7) is 1.41. The maximum Gasteiger partial charge on any atom is 0.315 e. The number of aromatic nitrogens is 3. The van der Waals surface area contributed by atoms with Gasteiger partial charge in [0.05, 0.1) is 13.2 Å². The third-order valence-electron chi connectivity index (χ3n) is 1.86. The molecule has 6 heteroatoms. The second-order valence-corrected chi connectivity index (χ2v) is 3.60. The van der Waals surface area contributed by atoms with Crippen LogP contribution in [0.15, 0.2) is 4.73 Å². The van der Waals surface area contributed by atoms with Crippen molar-refractivity contribution in [3.63, 3.8) is 0 Å². The van der Waals surface area contributed by atoms with Gasteiger partial charge in [0.1, 0.15) is 6.10 Å². The molecule has 2 rings (SSSR count). The van der Waals surface area contributed by atoms with Crippen molar-refractivity contribution >= 4 is 15.9 Å². The van der Waals surface area contributed by atoms with Gasteiger partial charge in [0.25, 0.3) is 0 Å². The number of halogens is 1. The zero-order valence-corrected chi connectivity index (χ0v) is 8.82. The number of ether oxygens (including phenoxy) is 2. The lowest BCUT2D eigenvalue weighted by Crippen LogP contribution is -2.18. The summed E-state index contributed by atoms with van der Waals surface area (Å²) < 4.78 is 12.9. The molecule has 1 saturated heterocycles. The van der Waals surface area contributed by atoms with Crippen molar-refractivity contribution in [3.05, 3.63) is 4.73 Å². The van der Waals surface area contributed by atoms with Gasteiger partial charge in [0, 0.05) is 13.5 Å². The number of hydrogen-bond donors (Lipinski definition) is 0. The fourth-order valence-corrected chi connectivity index (χ4v) is 1.59. The Morgan fingerprint density at radius 1 is 1.69 bits per heavy atom. The average Bonchev–Trinajstić information content (AvgIpc) is 2.63. The Morgan fingerprint density at radius 2 is 2.54 bits per heavy atom. The van der Waals surface area contributed by atoms with E-state index in [2.05, 4.69) is 26.0 Å². The van der Waals surface area contributed by atoms with Crippen molar-refractivity contribution in [3.8, 4) is 6.01 Å². The van der Waals surface area contributed by atoms with Crippen molar-refractivity contribution in [1.29, 1.82) is 0 Å². The lowest BCUT2D eigenvalue weighted by atomic mass is 10.3. The van der Waals surface area contributed by atoms with Gasteiger partial charge in [-0.15, -0.1) is 5.10 Å². The minimum absolute atomic E-state index is 0.120. The van der Waals surface area contributed by atoms with Crippen molar-refractivity contribution in [2.75, 3.05) is 13.2 Å². The maximum absolute atomic E-state index is 5.56. The van der Waals surface area contributed by atoms with Gasteiger partial charge in [-0.25, -0.2) is 4.68 Å². The van der Waals surface area contributed by atoms with E-state index in [1.807, 2.05) is 0 Å². The third kappa shape index (κ3) is 2.00. The molecule has 0 bridgehead atoms. The monoisotopic (exact) mass is 247 g/mol. The molecule has 1 fully saturated rings. The molecular formula is C7H10BrN3O2. The van der Waals surface area contributed by atoms with E-state index in [9.17, 15) is 0 Å². The molecule has 0 amide bonds. The molecule has 0 aromatic carbocycles. The zero-order valence-electron chi connectivity index (χ0n) is 7.23. The molecule has 2 heterocycles. The average molecular weight is 248 g/mol. The smallest absolute Gasteiger partial charge is 0.315 e. The highest BCUT2D eigenvalue weighted by molar-refractivity contribution is 9.10. The normalized spacial score (nSPS) is 22.2. The molecule has 0 unspecified atom stereocenters. The van der Waals surface area contributed by atoms with Gasteiger partial charge in [-0.1, -0.05) is 0 Å². The summed E-state index contributed by atoms with van der Waals surface area (Å²) in [5, 5.41) is 4.01. The first kappa shape index (κ1) is 8.96. The van der Waals surface area contributed by atoms with Crippen LogP contribution in [0.1, 0.15) is 6.42 Å². The molecule has 0 radical (unpaired) electrons. The van der Waals surface area contributed by atoms with Crippen LogP contribution in [0.2, 0.25) is 0 Å². The van der Waals surface area contributed by atoms with Gasteiger partial charge in [-0.2, -0.15) is 4.98 Å². The van der Waals surface area contributed by atoms with Crippen molar-refractivity contribution in [1.82, 2.24) is 14.8 Å². The largest absolute Gasteiger partial charge is 0.458 e. The second kappa shape index (κ2) is 3.63. The van der Waals surface area contributed by atoms with Crippen LogP contribution in [-0.4, -0.2) is 34.1 Å². The summed E-state index contributed by atoms with van der Waals surface area (Å²) >= 11 is 3.18. The zero-order chi connectivity index (χ0) is 9.26. The predicted molar refractivity (Wildman–Crippen MR) is 48.6 cm³/mol. The van der Waals surface area contributed by atoms with Crippen molar-refractivity contribution < 1.29 is 9.47 Å². The topological polar surface area (TPSA) is 49.2 Å². The highest BCUT2D eigenvalue weighted by atomic mass is 79.9. The van der Waals surface area contributed by atoms with Crippen LogP contribution in [0.3, 0.4) is 0 Å². The predicted octanol–water partition coefficient (Wildman–Crippen LogP) is 0.745. The van der Waals surface area contributed by atoms with Crippen molar-refractivity contribution in [2.24, 2.45) is 7.05 Å². The molecule has 1 atom stereocenters. The van der Waals surface area contributed by atoms with E-state index in [1.165, 1.54) is 0 Å². The molecule has 0 aliphatic carbocycles. The summed E-state index contributed by atoms with van der Waals surface area (Å²) in [6, 6.07) is 0.530. The van der Waals surface area contributed by atoms with E-state index >= 15 is 0 Å². The first-order valence-electron chi connectivity index (χ1n) is 4.06. The minimum Gasteiger partial charge on any atom is -0.458 e. The van der Waals surface area contributed by atoms with Crippen LogP contribution >= 0.6 is 15.9 Å². The summed E-state index contributed by atoms with van der Waals surface area (Å²) in [6.07, 6.45) is 1.04. The number of hydrogen-bond acceptors (Lipinski definition) is 4. The van der Waals surface area contributed by atoms with Crippen LogP contribution < -0.4 is 4.74 Å². The first-order chi connectivity index (χ1) is 6.25. The Hall–Kier alpha value is -0.620. The molecule has 0 saturated carbocycles. The Labute approximate surface area is 84.2 Å². The Bertz CT molecular complexity index is 296. The van der Waals surface area contributed by atoms with E-state index in [-0.39, 0.29) is 6.10 Å². The van der Waals surface area contributed by atoms with Crippen LogP contribution in [-0.2, 0) is 11.8 Å².